The van der Waals surface area contributed by atoms with E-state index in [1.165, 1.54) is 5.56 Å². The lowest BCUT2D eigenvalue weighted by atomic mass is 9.88. The summed E-state index contributed by atoms with van der Waals surface area (Å²) in [5, 5.41) is 21.5. The minimum atomic E-state index is -0.839. The predicted octanol–water partition coefficient (Wildman–Crippen LogP) is 6.40. The van der Waals surface area contributed by atoms with E-state index in [-0.39, 0.29) is 6.42 Å². The first kappa shape index (κ1) is 24.3. The van der Waals surface area contributed by atoms with Gasteiger partial charge in [-0.15, -0.1) is 0 Å². The van der Waals surface area contributed by atoms with Gasteiger partial charge >= 0.3 is 5.97 Å². The summed E-state index contributed by atoms with van der Waals surface area (Å²) in [6, 6.07) is 16.2. The zero-order valence-corrected chi connectivity index (χ0v) is 20.2. The summed E-state index contributed by atoms with van der Waals surface area (Å²) in [5.74, 6) is 0.762. The van der Waals surface area contributed by atoms with Gasteiger partial charge in [0, 0.05) is 17.7 Å². The number of para-hydroxylation sites is 1. The van der Waals surface area contributed by atoms with Gasteiger partial charge < -0.3 is 20.3 Å². The van der Waals surface area contributed by atoms with Gasteiger partial charge in [0.05, 0.1) is 17.7 Å². The molecule has 4 rings (SSSR count). The third-order valence-corrected chi connectivity index (χ3v) is 5.38. The molecule has 1 heterocycles. The molecular formula is C28H33NO4. The van der Waals surface area contributed by atoms with E-state index in [0.29, 0.717) is 6.54 Å². The van der Waals surface area contributed by atoms with Crippen LogP contribution in [-0.2, 0) is 17.8 Å². The maximum absolute atomic E-state index is 11.6. The molecule has 3 aromatic rings. The fourth-order valence-electron chi connectivity index (χ4n) is 3.90. The standard InChI is InChI=1S/C24H23NO3.C4H10O/c1-14-8-10-17(11-9-14)22-16(3)24-23(15(2)19(22)12-21(26)27)25-13-18-6-4-5-7-20(18)28-24;1-4(2,3)5/h4-11,25H,12-13H2,1-3H3,(H,26,27);5H,1-3H3. The van der Waals surface area contributed by atoms with Gasteiger partial charge in [0.2, 0.25) is 0 Å². The number of carbonyl (C=O) groups is 1. The molecule has 1 aliphatic heterocycles. The van der Waals surface area contributed by atoms with Crippen LogP contribution in [0.2, 0.25) is 0 Å². The summed E-state index contributed by atoms with van der Waals surface area (Å²) in [7, 11) is 0. The van der Waals surface area contributed by atoms with Crippen molar-refractivity contribution in [2.24, 2.45) is 0 Å². The summed E-state index contributed by atoms with van der Waals surface area (Å²) in [5.41, 5.74) is 7.27. The number of fused-ring (bicyclic) bond motifs is 2. The molecule has 33 heavy (non-hydrogen) atoms. The average Bonchev–Trinajstić information content (AvgIpc) is 2.92. The fourth-order valence-corrected chi connectivity index (χ4v) is 3.90. The summed E-state index contributed by atoms with van der Waals surface area (Å²) in [4.78, 5) is 11.6. The Kier molecular flexibility index (Phi) is 7.13. The van der Waals surface area contributed by atoms with E-state index in [4.69, 9.17) is 9.84 Å². The number of anilines is 1. The third kappa shape index (κ3) is 5.93. The van der Waals surface area contributed by atoms with E-state index in [2.05, 4.69) is 17.4 Å². The number of aliphatic hydroxyl groups is 1. The van der Waals surface area contributed by atoms with Crippen LogP contribution in [0, 0.1) is 20.8 Å². The zero-order valence-electron chi connectivity index (χ0n) is 20.2. The molecule has 5 nitrogen and oxygen atoms in total. The quantitative estimate of drug-likeness (QED) is 0.433. The number of nitrogens with one attached hydrogen (secondary N) is 1. The topological polar surface area (TPSA) is 78.8 Å². The number of hydrogen-bond donors (Lipinski definition) is 3. The highest BCUT2D eigenvalue weighted by Crippen LogP contribution is 2.46. The maximum atomic E-state index is 11.6. The number of benzene rings is 3. The van der Waals surface area contributed by atoms with Crippen molar-refractivity contribution in [3.8, 4) is 22.6 Å². The summed E-state index contributed by atoms with van der Waals surface area (Å²) in [6.45, 7) is 11.9. The van der Waals surface area contributed by atoms with Crippen LogP contribution in [0.4, 0.5) is 5.69 Å². The second-order valence-corrected chi connectivity index (χ2v) is 9.48. The molecular weight excluding hydrogens is 414 g/mol. The van der Waals surface area contributed by atoms with Crippen LogP contribution < -0.4 is 10.1 Å². The second kappa shape index (κ2) is 9.67. The molecule has 0 radical (unpaired) electrons. The van der Waals surface area contributed by atoms with Crippen molar-refractivity contribution in [1.29, 1.82) is 0 Å². The van der Waals surface area contributed by atoms with Crippen LogP contribution in [0.3, 0.4) is 0 Å². The van der Waals surface area contributed by atoms with Gasteiger partial charge in [-0.25, -0.2) is 0 Å². The van der Waals surface area contributed by atoms with Crippen molar-refractivity contribution in [2.45, 2.75) is 60.1 Å². The number of carboxylic acid groups (broad SMARTS) is 1. The second-order valence-electron chi connectivity index (χ2n) is 9.48. The number of aryl methyl sites for hydroxylation is 1. The van der Waals surface area contributed by atoms with Gasteiger partial charge in [-0.05, 0) is 69.9 Å². The molecule has 0 aromatic heterocycles. The molecule has 0 aliphatic carbocycles. The van der Waals surface area contributed by atoms with Crippen LogP contribution in [0.1, 0.15) is 48.6 Å². The first-order valence-electron chi connectivity index (χ1n) is 11.1. The van der Waals surface area contributed by atoms with E-state index >= 15 is 0 Å². The highest BCUT2D eigenvalue weighted by atomic mass is 16.5. The molecule has 0 amide bonds. The van der Waals surface area contributed by atoms with Gasteiger partial charge in [-0.3, -0.25) is 4.79 Å². The largest absolute Gasteiger partial charge is 0.481 e. The molecule has 0 bridgehead atoms. The van der Waals surface area contributed by atoms with Crippen molar-refractivity contribution in [1.82, 2.24) is 0 Å². The summed E-state index contributed by atoms with van der Waals surface area (Å²) < 4.78 is 6.35. The molecule has 0 saturated carbocycles. The van der Waals surface area contributed by atoms with E-state index in [0.717, 1.165) is 50.6 Å². The number of ether oxygens (including phenoxy) is 1. The number of carboxylic acids is 1. The van der Waals surface area contributed by atoms with E-state index in [1.54, 1.807) is 20.8 Å². The number of hydrogen-bond acceptors (Lipinski definition) is 4. The molecule has 0 saturated heterocycles. The van der Waals surface area contributed by atoms with Crippen LogP contribution in [0.15, 0.2) is 48.5 Å². The summed E-state index contributed by atoms with van der Waals surface area (Å²) >= 11 is 0. The minimum Gasteiger partial charge on any atom is -0.481 e. The maximum Gasteiger partial charge on any atom is 0.307 e. The lowest BCUT2D eigenvalue weighted by Crippen LogP contribution is -2.10. The highest BCUT2D eigenvalue weighted by Gasteiger charge is 2.25. The smallest absolute Gasteiger partial charge is 0.307 e. The molecule has 0 atom stereocenters. The molecule has 0 unspecified atom stereocenters. The normalized spacial score (nSPS) is 12.2. The van der Waals surface area contributed by atoms with Crippen LogP contribution in [-0.4, -0.2) is 21.8 Å². The predicted molar refractivity (Wildman–Crippen MR) is 133 cm³/mol. The van der Waals surface area contributed by atoms with Crippen LogP contribution in [0.5, 0.6) is 11.5 Å². The van der Waals surface area contributed by atoms with E-state index < -0.39 is 11.6 Å². The minimum absolute atomic E-state index is 0.0300. The zero-order chi connectivity index (χ0) is 24.3. The Bertz CT molecular complexity index is 1150. The van der Waals surface area contributed by atoms with Gasteiger partial charge in [0.25, 0.3) is 0 Å². The molecule has 3 N–H and O–H groups in total. The fraction of sp³-hybridized carbons (Fsp3) is 0.321. The Morgan fingerprint density at radius 2 is 1.61 bits per heavy atom. The van der Waals surface area contributed by atoms with Crippen LogP contribution >= 0.6 is 0 Å². The molecule has 0 fully saturated rings. The first-order valence-corrected chi connectivity index (χ1v) is 11.1. The Hall–Kier alpha value is -3.31. The molecule has 1 aliphatic rings. The first-order chi connectivity index (χ1) is 15.5. The molecule has 3 aromatic carbocycles. The van der Waals surface area contributed by atoms with Gasteiger partial charge in [-0.1, -0.05) is 48.0 Å². The molecule has 174 valence electrons. The van der Waals surface area contributed by atoms with Crippen molar-refractivity contribution < 1.29 is 19.7 Å². The van der Waals surface area contributed by atoms with Gasteiger partial charge in [0.15, 0.2) is 5.75 Å². The lowest BCUT2D eigenvalue weighted by Gasteiger charge is -2.22. The van der Waals surface area contributed by atoms with Crippen LogP contribution in [0.25, 0.3) is 11.1 Å². The van der Waals surface area contributed by atoms with Crippen molar-refractivity contribution in [3.63, 3.8) is 0 Å². The number of rotatable bonds is 3. The van der Waals surface area contributed by atoms with Crippen molar-refractivity contribution >= 4 is 11.7 Å². The van der Waals surface area contributed by atoms with Gasteiger partial charge in [0.1, 0.15) is 5.75 Å². The number of aliphatic carboxylic acids is 1. The Labute approximate surface area is 196 Å². The Morgan fingerprint density at radius 1 is 1.00 bits per heavy atom. The Balaban J connectivity index is 0.000000555. The average molecular weight is 448 g/mol. The Morgan fingerprint density at radius 3 is 2.21 bits per heavy atom. The van der Waals surface area contributed by atoms with E-state index in [1.807, 2.05) is 57.2 Å². The lowest BCUT2D eigenvalue weighted by molar-refractivity contribution is -0.136. The summed E-state index contributed by atoms with van der Waals surface area (Å²) in [6.07, 6.45) is -0.0300. The van der Waals surface area contributed by atoms with Gasteiger partial charge in [-0.2, -0.15) is 0 Å². The van der Waals surface area contributed by atoms with Crippen molar-refractivity contribution in [2.75, 3.05) is 5.32 Å². The SMILES string of the molecule is CC(C)(C)O.Cc1ccc(-c2c(C)c3c(c(C)c2CC(=O)O)NCc2ccccc2O3)cc1. The monoisotopic (exact) mass is 447 g/mol. The van der Waals surface area contributed by atoms with Crippen molar-refractivity contribution in [3.05, 3.63) is 76.3 Å². The molecule has 5 heteroatoms. The highest BCUT2D eigenvalue weighted by molar-refractivity contribution is 5.86. The van der Waals surface area contributed by atoms with E-state index in [9.17, 15) is 9.90 Å². The third-order valence-electron chi connectivity index (χ3n) is 5.38. The molecule has 0 spiro atoms.